The van der Waals surface area contributed by atoms with Gasteiger partial charge in [0.15, 0.2) is 0 Å². The fourth-order valence-electron chi connectivity index (χ4n) is 6.48. The van der Waals surface area contributed by atoms with E-state index in [1.165, 1.54) is 25.7 Å². The van der Waals surface area contributed by atoms with Gasteiger partial charge in [0, 0.05) is 18.5 Å². The summed E-state index contributed by atoms with van der Waals surface area (Å²) in [7, 11) is 0. The second-order valence-electron chi connectivity index (χ2n) is 9.56. The zero-order valence-electron chi connectivity index (χ0n) is 16.5. The molecule has 0 aromatic heterocycles. The predicted molar refractivity (Wildman–Crippen MR) is 102 cm³/mol. The Morgan fingerprint density at radius 2 is 1.52 bits per heavy atom. The van der Waals surface area contributed by atoms with E-state index in [2.05, 4.69) is 10.6 Å². The van der Waals surface area contributed by atoms with Gasteiger partial charge in [0.2, 0.25) is 17.7 Å². The van der Waals surface area contributed by atoms with Crippen molar-refractivity contribution in [3.8, 4) is 0 Å². The number of piperidine rings is 1. The minimum Gasteiger partial charge on any atom is -0.347 e. The van der Waals surface area contributed by atoms with E-state index in [0.717, 1.165) is 45.2 Å². The summed E-state index contributed by atoms with van der Waals surface area (Å²) in [6.45, 7) is 3.26. The number of carbonyl (C=O) groups excluding carboxylic acids is 3. The normalized spacial score (nSPS) is 35.6. The first-order valence-corrected chi connectivity index (χ1v) is 10.8. The summed E-state index contributed by atoms with van der Waals surface area (Å²) in [5.74, 6) is 1.89. The molecule has 6 nitrogen and oxygen atoms in total. The highest BCUT2D eigenvalue weighted by atomic mass is 16.2. The lowest BCUT2D eigenvalue weighted by Gasteiger charge is -2.55. The maximum Gasteiger partial charge on any atom is 0.244 e. The number of nitrogens with one attached hydrogen (secondary N) is 2. The van der Waals surface area contributed by atoms with Crippen LogP contribution in [0.5, 0.6) is 0 Å². The number of hydrogen-bond donors (Lipinski definition) is 2. The molecule has 0 aromatic carbocycles. The number of likely N-dealkylation sites (tertiary alicyclic amines) is 1. The van der Waals surface area contributed by atoms with E-state index in [-0.39, 0.29) is 29.7 Å². The number of amides is 3. The summed E-state index contributed by atoms with van der Waals surface area (Å²) in [5.41, 5.74) is -0.232. The number of rotatable bonds is 5. The van der Waals surface area contributed by atoms with Crippen molar-refractivity contribution in [1.29, 1.82) is 0 Å². The Hall–Kier alpha value is -1.59. The van der Waals surface area contributed by atoms with Crippen molar-refractivity contribution < 1.29 is 14.4 Å². The van der Waals surface area contributed by atoms with Gasteiger partial charge in [0.1, 0.15) is 6.04 Å². The SMILES string of the molecule is CC(NC(=O)CNC(=O)C12CC3CC(CC(C3)C1)C2)C(=O)N1CCCCC1. The average Bonchev–Trinajstić information content (AvgIpc) is 2.65. The van der Waals surface area contributed by atoms with Crippen LogP contribution >= 0.6 is 0 Å². The predicted octanol–water partition coefficient (Wildman–Crippen LogP) is 1.84. The smallest absolute Gasteiger partial charge is 0.244 e. The van der Waals surface area contributed by atoms with Crippen LogP contribution in [-0.4, -0.2) is 48.3 Å². The first-order chi connectivity index (χ1) is 12.9. The van der Waals surface area contributed by atoms with Crippen LogP contribution in [0, 0.1) is 23.2 Å². The third-order valence-corrected chi connectivity index (χ3v) is 7.35. The maximum atomic E-state index is 12.9. The molecule has 27 heavy (non-hydrogen) atoms. The molecule has 3 amide bonds. The van der Waals surface area contributed by atoms with Crippen LogP contribution in [0.3, 0.4) is 0 Å². The van der Waals surface area contributed by atoms with Crippen molar-refractivity contribution in [2.24, 2.45) is 23.2 Å². The van der Waals surface area contributed by atoms with Gasteiger partial charge in [0.25, 0.3) is 0 Å². The van der Waals surface area contributed by atoms with E-state index >= 15 is 0 Å². The third-order valence-electron chi connectivity index (χ3n) is 7.35. The molecule has 1 aliphatic heterocycles. The molecule has 5 rings (SSSR count). The Balaban J connectivity index is 1.25. The summed E-state index contributed by atoms with van der Waals surface area (Å²) in [6.07, 6.45) is 10.1. The van der Waals surface area contributed by atoms with E-state index < -0.39 is 6.04 Å². The van der Waals surface area contributed by atoms with Crippen LogP contribution in [0.15, 0.2) is 0 Å². The number of hydrogen-bond acceptors (Lipinski definition) is 3. The highest BCUT2D eigenvalue weighted by Crippen LogP contribution is 2.60. The molecular formula is C21H33N3O3. The third kappa shape index (κ3) is 3.85. The molecule has 4 saturated carbocycles. The topological polar surface area (TPSA) is 78.5 Å². The molecule has 1 saturated heterocycles. The van der Waals surface area contributed by atoms with Crippen LogP contribution < -0.4 is 10.6 Å². The molecule has 1 unspecified atom stereocenters. The standard InChI is InChI=1S/C21H33N3O3/c1-14(19(26)24-5-3-2-4-6-24)23-18(25)13-22-20(27)21-10-15-7-16(11-21)9-17(8-15)12-21/h14-17H,2-13H2,1H3,(H,22,27)(H,23,25). The van der Waals surface area contributed by atoms with Crippen molar-refractivity contribution in [3.63, 3.8) is 0 Å². The minimum absolute atomic E-state index is 0.0181. The molecule has 4 aliphatic carbocycles. The molecule has 1 atom stereocenters. The summed E-state index contributed by atoms with van der Waals surface area (Å²) < 4.78 is 0. The fraction of sp³-hybridized carbons (Fsp3) is 0.857. The van der Waals surface area contributed by atoms with Crippen molar-refractivity contribution in [1.82, 2.24) is 15.5 Å². The van der Waals surface area contributed by atoms with Crippen molar-refractivity contribution >= 4 is 17.7 Å². The molecule has 4 bridgehead atoms. The van der Waals surface area contributed by atoms with Crippen LogP contribution in [0.25, 0.3) is 0 Å². The molecular weight excluding hydrogens is 342 g/mol. The van der Waals surface area contributed by atoms with Gasteiger partial charge in [-0.3, -0.25) is 14.4 Å². The highest BCUT2D eigenvalue weighted by Gasteiger charge is 2.54. The van der Waals surface area contributed by atoms with Crippen molar-refractivity contribution in [3.05, 3.63) is 0 Å². The number of nitrogens with zero attached hydrogens (tertiary/aromatic N) is 1. The van der Waals surface area contributed by atoms with Gasteiger partial charge in [0.05, 0.1) is 6.54 Å². The zero-order valence-corrected chi connectivity index (χ0v) is 16.5. The van der Waals surface area contributed by atoms with Gasteiger partial charge in [-0.25, -0.2) is 0 Å². The summed E-state index contributed by atoms with van der Waals surface area (Å²) in [5, 5.41) is 5.65. The van der Waals surface area contributed by atoms with E-state index in [1.807, 2.05) is 4.90 Å². The monoisotopic (exact) mass is 375 g/mol. The van der Waals surface area contributed by atoms with Gasteiger partial charge in [-0.15, -0.1) is 0 Å². The summed E-state index contributed by atoms with van der Waals surface area (Å²) >= 11 is 0. The molecule has 1 heterocycles. The lowest BCUT2D eigenvalue weighted by atomic mass is 9.49. The Kier molecular flexibility index (Phi) is 5.17. The second-order valence-corrected chi connectivity index (χ2v) is 9.56. The molecule has 2 N–H and O–H groups in total. The van der Waals surface area contributed by atoms with Gasteiger partial charge >= 0.3 is 0 Å². The number of carbonyl (C=O) groups is 3. The molecule has 150 valence electrons. The Labute approximate surface area is 161 Å². The lowest BCUT2D eigenvalue weighted by molar-refractivity contribution is -0.147. The molecule has 5 fully saturated rings. The zero-order chi connectivity index (χ0) is 19.0. The van der Waals surface area contributed by atoms with E-state index in [9.17, 15) is 14.4 Å². The van der Waals surface area contributed by atoms with Gasteiger partial charge in [-0.05, 0) is 82.5 Å². The van der Waals surface area contributed by atoms with Gasteiger partial charge in [-0.1, -0.05) is 0 Å². The van der Waals surface area contributed by atoms with Crippen molar-refractivity contribution in [2.75, 3.05) is 19.6 Å². The van der Waals surface area contributed by atoms with E-state index in [0.29, 0.717) is 17.8 Å². The van der Waals surface area contributed by atoms with Gasteiger partial charge < -0.3 is 15.5 Å². The summed E-state index contributed by atoms with van der Waals surface area (Å²) in [6, 6.07) is -0.535. The van der Waals surface area contributed by atoms with E-state index in [1.54, 1.807) is 6.92 Å². The van der Waals surface area contributed by atoms with Crippen LogP contribution in [0.4, 0.5) is 0 Å². The highest BCUT2D eigenvalue weighted by molar-refractivity contribution is 5.91. The van der Waals surface area contributed by atoms with Crippen molar-refractivity contribution in [2.45, 2.75) is 70.8 Å². The molecule has 0 aromatic rings. The van der Waals surface area contributed by atoms with Crippen LogP contribution in [-0.2, 0) is 14.4 Å². The van der Waals surface area contributed by atoms with Gasteiger partial charge in [-0.2, -0.15) is 0 Å². The average molecular weight is 376 g/mol. The molecule has 0 radical (unpaired) electrons. The Bertz CT molecular complexity index is 577. The van der Waals surface area contributed by atoms with Crippen LogP contribution in [0.2, 0.25) is 0 Å². The maximum absolute atomic E-state index is 12.9. The molecule has 5 aliphatic rings. The second kappa shape index (κ2) is 7.44. The summed E-state index contributed by atoms with van der Waals surface area (Å²) in [4.78, 5) is 39.4. The largest absolute Gasteiger partial charge is 0.347 e. The Morgan fingerprint density at radius 3 is 2.07 bits per heavy atom. The Morgan fingerprint density at radius 1 is 0.963 bits per heavy atom. The fourth-order valence-corrected chi connectivity index (χ4v) is 6.48. The first kappa shape index (κ1) is 18.8. The lowest BCUT2D eigenvalue weighted by Crippen LogP contribution is -2.55. The first-order valence-electron chi connectivity index (χ1n) is 10.8. The molecule has 6 heteroatoms. The van der Waals surface area contributed by atoms with Crippen LogP contribution in [0.1, 0.15) is 64.7 Å². The minimum atomic E-state index is -0.535. The quantitative estimate of drug-likeness (QED) is 0.770. The molecule has 0 spiro atoms. The van der Waals surface area contributed by atoms with E-state index in [4.69, 9.17) is 0 Å².